The van der Waals surface area contributed by atoms with Crippen LogP contribution in [0, 0.1) is 17.3 Å². The van der Waals surface area contributed by atoms with E-state index in [0.717, 1.165) is 12.8 Å². The van der Waals surface area contributed by atoms with Gasteiger partial charge in [0.2, 0.25) is 0 Å². The van der Waals surface area contributed by atoms with Gasteiger partial charge in [-0.2, -0.15) is 5.06 Å². The molecule has 1 saturated heterocycles. The Morgan fingerprint density at radius 3 is 2.26 bits per heavy atom. The molecule has 7 nitrogen and oxygen atoms in total. The second-order valence-electron chi connectivity index (χ2n) is 8.33. The fourth-order valence-corrected chi connectivity index (χ4v) is 3.38. The third-order valence-electron chi connectivity index (χ3n) is 5.22. The van der Waals surface area contributed by atoms with Crippen molar-refractivity contribution in [2.24, 2.45) is 17.3 Å². The highest BCUT2D eigenvalue weighted by molar-refractivity contribution is 5.74. The van der Waals surface area contributed by atoms with E-state index in [1.54, 1.807) is 19.0 Å². The second kappa shape index (κ2) is 10.7. The van der Waals surface area contributed by atoms with Crippen molar-refractivity contribution in [3.8, 4) is 0 Å². The maximum Gasteiger partial charge on any atom is 0.337 e. The molecule has 0 saturated carbocycles. The molecule has 1 aliphatic heterocycles. The van der Waals surface area contributed by atoms with Crippen LogP contribution < -0.4 is 0 Å². The summed E-state index contributed by atoms with van der Waals surface area (Å²) < 4.78 is 17.6. The zero-order chi connectivity index (χ0) is 20.7. The van der Waals surface area contributed by atoms with Crippen LogP contribution >= 0.6 is 0 Å². The normalized spacial score (nSPS) is 22.3. The van der Waals surface area contributed by atoms with Gasteiger partial charge in [-0.1, -0.05) is 34.6 Å². The third kappa shape index (κ3) is 6.68. The minimum absolute atomic E-state index is 0.00261. The van der Waals surface area contributed by atoms with Crippen molar-refractivity contribution in [2.75, 3.05) is 40.0 Å². The van der Waals surface area contributed by atoms with Gasteiger partial charge in [0.25, 0.3) is 0 Å². The van der Waals surface area contributed by atoms with Crippen LogP contribution in [0.15, 0.2) is 0 Å². The SMILES string of the molecule is CCC(C)C1(C(CC)CN(C)OC(C)C(=O)OCCO)OCC(C)(C)CO1. The molecular weight excluding hydrogens is 350 g/mol. The van der Waals surface area contributed by atoms with Crippen LogP contribution in [0.5, 0.6) is 0 Å². The monoisotopic (exact) mass is 389 g/mol. The van der Waals surface area contributed by atoms with E-state index >= 15 is 0 Å². The van der Waals surface area contributed by atoms with Crippen LogP contribution in [0.1, 0.15) is 54.4 Å². The van der Waals surface area contributed by atoms with Crippen molar-refractivity contribution < 1.29 is 28.9 Å². The number of hydrogen-bond acceptors (Lipinski definition) is 7. The Labute approximate surface area is 164 Å². The fourth-order valence-electron chi connectivity index (χ4n) is 3.38. The molecule has 3 atom stereocenters. The smallest absolute Gasteiger partial charge is 0.337 e. The van der Waals surface area contributed by atoms with Crippen LogP contribution in [0.25, 0.3) is 0 Å². The number of esters is 1. The van der Waals surface area contributed by atoms with Gasteiger partial charge < -0.3 is 19.3 Å². The highest BCUT2D eigenvalue weighted by Crippen LogP contribution is 2.42. The summed E-state index contributed by atoms with van der Waals surface area (Å²) in [4.78, 5) is 17.5. The molecule has 0 amide bonds. The Morgan fingerprint density at radius 2 is 1.78 bits per heavy atom. The van der Waals surface area contributed by atoms with E-state index < -0.39 is 17.9 Å². The summed E-state index contributed by atoms with van der Waals surface area (Å²) in [5.74, 6) is -0.822. The average molecular weight is 390 g/mol. The number of aliphatic hydroxyl groups is 1. The first-order chi connectivity index (χ1) is 12.6. The third-order valence-corrected chi connectivity index (χ3v) is 5.22. The number of carbonyl (C=O) groups is 1. The summed E-state index contributed by atoms with van der Waals surface area (Å²) in [6.07, 6.45) is 1.07. The maximum atomic E-state index is 11.8. The van der Waals surface area contributed by atoms with Gasteiger partial charge in [0.15, 0.2) is 11.9 Å². The maximum absolute atomic E-state index is 11.8. The van der Waals surface area contributed by atoms with E-state index in [2.05, 4.69) is 34.6 Å². The van der Waals surface area contributed by atoms with E-state index in [9.17, 15) is 4.79 Å². The summed E-state index contributed by atoms with van der Waals surface area (Å²) in [6, 6.07) is 0. The molecule has 1 N–H and O–H groups in total. The average Bonchev–Trinajstić information content (AvgIpc) is 2.63. The zero-order valence-electron chi connectivity index (χ0n) is 18.1. The van der Waals surface area contributed by atoms with Gasteiger partial charge in [0.05, 0.1) is 19.8 Å². The minimum atomic E-state index is -0.745. The molecule has 1 heterocycles. The van der Waals surface area contributed by atoms with Crippen molar-refractivity contribution >= 4 is 5.97 Å². The lowest BCUT2D eigenvalue weighted by Crippen LogP contribution is -2.58. The van der Waals surface area contributed by atoms with Gasteiger partial charge in [-0.15, -0.1) is 0 Å². The van der Waals surface area contributed by atoms with Gasteiger partial charge in [-0.3, -0.25) is 4.84 Å². The molecule has 27 heavy (non-hydrogen) atoms. The molecule has 7 heteroatoms. The van der Waals surface area contributed by atoms with Crippen LogP contribution in [0.2, 0.25) is 0 Å². The minimum Gasteiger partial charge on any atom is -0.461 e. The first kappa shape index (κ1) is 24.3. The molecule has 0 spiro atoms. The van der Waals surface area contributed by atoms with E-state index in [1.807, 2.05) is 0 Å². The van der Waals surface area contributed by atoms with Crippen molar-refractivity contribution in [1.29, 1.82) is 0 Å². The molecule has 0 aromatic carbocycles. The largest absolute Gasteiger partial charge is 0.461 e. The van der Waals surface area contributed by atoms with Crippen LogP contribution in [0.3, 0.4) is 0 Å². The molecule has 1 fully saturated rings. The lowest BCUT2D eigenvalue weighted by atomic mass is 9.82. The standard InChI is InChI=1S/C20H39NO6/c1-8-15(3)20(25-13-19(5,6)14-26-20)17(9-2)12-21(7)27-16(4)18(23)24-11-10-22/h15-17,22H,8-14H2,1-7H3. The molecule has 0 radical (unpaired) electrons. The number of ether oxygens (including phenoxy) is 3. The molecular formula is C20H39NO6. The van der Waals surface area contributed by atoms with Crippen molar-refractivity contribution in [3.05, 3.63) is 0 Å². The van der Waals surface area contributed by atoms with Crippen molar-refractivity contribution in [2.45, 2.75) is 66.3 Å². The Kier molecular flexibility index (Phi) is 9.65. The molecule has 0 aromatic rings. The van der Waals surface area contributed by atoms with E-state index in [1.165, 1.54) is 0 Å². The second-order valence-corrected chi connectivity index (χ2v) is 8.33. The summed E-state index contributed by atoms with van der Waals surface area (Å²) >= 11 is 0. The van der Waals surface area contributed by atoms with Gasteiger partial charge >= 0.3 is 5.97 Å². The van der Waals surface area contributed by atoms with Gasteiger partial charge in [-0.25, -0.2) is 4.79 Å². The highest BCUT2D eigenvalue weighted by atomic mass is 16.7. The predicted molar refractivity (Wildman–Crippen MR) is 103 cm³/mol. The fraction of sp³-hybridized carbons (Fsp3) is 0.950. The Balaban J connectivity index is 2.79. The molecule has 1 rings (SSSR count). The molecule has 1 aliphatic rings. The van der Waals surface area contributed by atoms with E-state index in [-0.39, 0.29) is 30.5 Å². The summed E-state index contributed by atoms with van der Waals surface area (Å²) in [5, 5.41) is 10.4. The van der Waals surface area contributed by atoms with Crippen LogP contribution in [0.4, 0.5) is 0 Å². The number of carbonyl (C=O) groups excluding carboxylic acids is 1. The van der Waals surface area contributed by atoms with Crippen LogP contribution in [-0.2, 0) is 23.8 Å². The summed E-state index contributed by atoms with van der Waals surface area (Å²) in [5.41, 5.74) is 0.00261. The number of nitrogens with zero attached hydrogens (tertiary/aromatic N) is 1. The van der Waals surface area contributed by atoms with Crippen molar-refractivity contribution in [3.63, 3.8) is 0 Å². The zero-order valence-corrected chi connectivity index (χ0v) is 18.1. The van der Waals surface area contributed by atoms with Gasteiger partial charge in [0.1, 0.15) is 6.61 Å². The Hall–Kier alpha value is -0.730. The molecule has 0 aromatic heterocycles. The molecule has 0 bridgehead atoms. The number of hydroxylamine groups is 2. The molecule has 3 unspecified atom stereocenters. The summed E-state index contributed by atoms with van der Waals surface area (Å²) in [7, 11) is 1.80. The van der Waals surface area contributed by atoms with Crippen LogP contribution in [-0.4, -0.2) is 68.1 Å². The topological polar surface area (TPSA) is 77.5 Å². The van der Waals surface area contributed by atoms with E-state index in [4.69, 9.17) is 24.2 Å². The Morgan fingerprint density at radius 1 is 1.19 bits per heavy atom. The number of hydrogen-bond donors (Lipinski definition) is 1. The van der Waals surface area contributed by atoms with Gasteiger partial charge in [-0.05, 0) is 19.8 Å². The van der Waals surface area contributed by atoms with E-state index in [0.29, 0.717) is 19.8 Å². The Bertz CT molecular complexity index is 446. The first-order valence-electron chi connectivity index (χ1n) is 10.0. The lowest BCUT2D eigenvalue weighted by Gasteiger charge is -2.51. The van der Waals surface area contributed by atoms with Crippen molar-refractivity contribution in [1.82, 2.24) is 5.06 Å². The quantitative estimate of drug-likeness (QED) is 0.430. The highest BCUT2D eigenvalue weighted by Gasteiger charge is 2.49. The first-order valence-corrected chi connectivity index (χ1v) is 10.0. The molecule has 0 aliphatic carbocycles. The molecule has 160 valence electrons. The van der Waals surface area contributed by atoms with Gasteiger partial charge in [0, 0.05) is 30.8 Å². The number of rotatable bonds is 11. The predicted octanol–water partition coefficient (Wildman–Crippen LogP) is 2.62. The number of aliphatic hydroxyl groups excluding tert-OH is 1. The summed E-state index contributed by atoms with van der Waals surface area (Å²) in [6.45, 7) is 14.0. The lowest BCUT2D eigenvalue weighted by molar-refractivity contribution is -0.351.